The van der Waals surface area contributed by atoms with E-state index in [-0.39, 0.29) is 30.8 Å². The molecule has 0 saturated carbocycles. The van der Waals surface area contributed by atoms with Crippen molar-refractivity contribution < 1.29 is 28.8 Å². The van der Waals surface area contributed by atoms with Crippen molar-refractivity contribution in [1.82, 2.24) is 0 Å². The third-order valence-corrected chi connectivity index (χ3v) is 4.42. The zero-order valence-electron chi connectivity index (χ0n) is 15.3. The quantitative estimate of drug-likeness (QED) is 0.414. The van der Waals surface area contributed by atoms with Gasteiger partial charge in [0.25, 0.3) is 0 Å². The van der Waals surface area contributed by atoms with Crippen LogP contribution in [-0.2, 0) is 20.7 Å². The first kappa shape index (κ1) is 20.2. The van der Waals surface area contributed by atoms with Crippen LogP contribution in [0.3, 0.4) is 0 Å². The van der Waals surface area contributed by atoms with Gasteiger partial charge in [0.2, 0.25) is 0 Å². The van der Waals surface area contributed by atoms with Crippen molar-refractivity contribution in [2.24, 2.45) is 0 Å². The number of carbonyl (C=O) groups excluding carboxylic acids is 3. The van der Waals surface area contributed by atoms with E-state index in [9.17, 15) is 19.4 Å². The number of fused-ring (bicyclic) bond motifs is 1. The number of ether oxygens (including phenoxy) is 1. The standard InChI is InChI=1S/C19H25BO6/c1-3-4-10-25-19(23)17-7-5-6-14-11-15(20(24)26-18(14)17)12-16(22)9-8-13(2)21/h5-7,15,24H,3-4,8-12H2,1-2H3/t15-/m1/s1. The zero-order valence-corrected chi connectivity index (χ0v) is 15.3. The lowest BCUT2D eigenvalue weighted by atomic mass is 9.64. The van der Waals surface area contributed by atoms with Crippen molar-refractivity contribution in [3.05, 3.63) is 29.3 Å². The third-order valence-electron chi connectivity index (χ3n) is 4.42. The average Bonchev–Trinajstić information content (AvgIpc) is 2.60. The summed E-state index contributed by atoms with van der Waals surface area (Å²) >= 11 is 0. The molecule has 0 spiro atoms. The molecule has 0 unspecified atom stereocenters. The van der Waals surface area contributed by atoms with Gasteiger partial charge in [0, 0.05) is 25.1 Å². The molecule has 1 heterocycles. The number of ketones is 2. The Kier molecular flexibility index (Phi) is 7.39. The highest BCUT2D eigenvalue weighted by Crippen LogP contribution is 2.36. The lowest BCUT2D eigenvalue weighted by Crippen LogP contribution is -2.36. The second-order valence-electron chi connectivity index (χ2n) is 6.70. The highest BCUT2D eigenvalue weighted by Gasteiger charge is 2.37. The number of unbranched alkanes of at least 4 members (excludes halogenated alkanes) is 1. The first-order valence-corrected chi connectivity index (χ1v) is 9.07. The highest BCUT2D eigenvalue weighted by atomic mass is 16.5. The molecule has 2 rings (SSSR count). The summed E-state index contributed by atoms with van der Waals surface area (Å²) in [7, 11) is -1.17. The molecule has 0 fully saturated rings. The summed E-state index contributed by atoms with van der Waals surface area (Å²) in [5.41, 5.74) is 1.06. The van der Waals surface area contributed by atoms with Crippen molar-refractivity contribution in [3.8, 4) is 5.75 Å². The summed E-state index contributed by atoms with van der Waals surface area (Å²) in [6.45, 7) is 3.80. The molecule has 0 radical (unpaired) electrons. The molecule has 6 nitrogen and oxygen atoms in total. The molecule has 1 aromatic carbocycles. The van der Waals surface area contributed by atoms with E-state index in [1.165, 1.54) is 6.92 Å². The minimum atomic E-state index is -1.17. The molecule has 1 aliphatic rings. The molecule has 1 atom stereocenters. The maximum absolute atomic E-state index is 12.2. The van der Waals surface area contributed by atoms with Gasteiger partial charge in [-0.25, -0.2) is 4.79 Å². The number of hydrogen-bond acceptors (Lipinski definition) is 6. The second kappa shape index (κ2) is 9.52. The maximum Gasteiger partial charge on any atom is 0.526 e. The minimum absolute atomic E-state index is 0.0321. The highest BCUT2D eigenvalue weighted by molar-refractivity contribution is 6.47. The number of benzene rings is 1. The van der Waals surface area contributed by atoms with Gasteiger partial charge in [-0.15, -0.1) is 0 Å². The van der Waals surface area contributed by atoms with E-state index in [2.05, 4.69) is 0 Å². The summed E-state index contributed by atoms with van der Waals surface area (Å²) in [4.78, 5) is 35.2. The summed E-state index contributed by atoms with van der Waals surface area (Å²) < 4.78 is 10.8. The molecule has 26 heavy (non-hydrogen) atoms. The Morgan fingerprint density at radius 1 is 1.31 bits per heavy atom. The third kappa shape index (κ3) is 5.43. The van der Waals surface area contributed by atoms with Crippen molar-refractivity contribution in [2.45, 2.75) is 58.2 Å². The van der Waals surface area contributed by atoms with Gasteiger partial charge in [-0.1, -0.05) is 25.5 Å². The fourth-order valence-electron chi connectivity index (χ4n) is 2.92. The van der Waals surface area contributed by atoms with E-state index >= 15 is 0 Å². The Labute approximate surface area is 154 Å². The fourth-order valence-corrected chi connectivity index (χ4v) is 2.92. The van der Waals surface area contributed by atoms with Crippen LogP contribution in [0.25, 0.3) is 0 Å². The molecule has 0 aromatic heterocycles. The molecule has 0 bridgehead atoms. The van der Waals surface area contributed by atoms with Crippen LogP contribution in [0, 0.1) is 0 Å². The molecule has 140 valence electrons. The van der Waals surface area contributed by atoms with Crippen LogP contribution >= 0.6 is 0 Å². The molecule has 7 heteroatoms. The number of esters is 1. The molecule has 0 amide bonds. The molecular formula is C19H25BO6. The van der Waals surface area contributed by atoms with Crippen molar-refractivity contribution in [2.75, 3.05) is 6.61 Å². The Balaban J connectivity index is 2.05. The Morgan fingerprint density at radius 2 is 2.08 bits per heavy atom. The van der Waals surface area contributed by atoms with Crippen LogP contribution in [0.15, 0.2) is 18.2 Å². The SMILES string of the molecule is CCCCOC(=O)c1cccc2c1OB(O)[C@@H](CC(=O)CCC(C)=O)C2. The first-order chi connectivity index (χ1) is 12.4. The van der Waals surface area contributed by atoms with Crippen molar-refractivity contribution in [1.29, 1.82) is 0 Å². The summed E-state index contributed by atoms with van der Waals surface area (Å²) in [5, 5.41) is 10.3. The van der Waals surface area contributed by atoms with Gasteiger partial charge >= 0.3 is 13.1 Å². The fraction of sp³-hybridized carbons (Fsp3) is 0.526. The van der Waals surface area contributed by atoms with Gasteiger partial charge in [-0.3, -0.25) is 4.79 Å². The van der Waals surface area contributed by atoms with Crippen LogP contribution in [0.1, 0.15) is 61.9 Å². The molecule has 1 N–H and O–H groups in total. The van der Waals surface area contributed by atoms with Crippen molar-refractivity contribution >= 4 is 24.7 Å². The molecule has 1 aromatic rings. The second-order valence-corrected chi connectivity index (χ2v) is 6.70. The summed E-state index contributed by atoms with van der Waals surface area (Å²) in [6, 6.07) is 5.17. The lowest BCUT2D eigenvalue weighted by molar-refractivity contribution is -0.123. The number of rotatable bonds is 9. The van der Waals surface area contributed by atoms with E-state index < -0.39 is 18.9 Å². The van der Waals surface area contributed by atoms with Gasteiger partial charge in [-0.2, -0.15) is 0 Å². The maximum atomic E-state index is 12.2. The van der Waals surface area contributed by atoms with Crippen molar-refractivity contribution in [3.63, 3.8) is 0 Å². The monoisotopic (exact) mass is 360 g/mol. The average molecular weight is 360 g/mol. The van der Waals surface area contributed by atoms with Gasteiger partial charge < -0.3 is 19.2 Å². The van der Waals surface area contributed by atoms with Crippen LogP contribution in [-0.4, -0.2) is 36.3 Å². The smallest absolute Gasteiger partial charge is 0.526 e. The van der Waals surface area contributed by atoms with E-state index in [4.69, 9.17) is 9.39 Å². The van der Waals surface area contributed by atoms with E-state index in [1.54, 1.807) is 12.1 Å². The molecule has 0 aliphatic carbocycles. The Bertz CT molecular complexity index is 672. The van der Waals surface area contributed by atoms with E-state index in [0.717, 1.165) is 18.4 Å². The Morgan fingerprint density at radius 3 is 2.77 bits per heavy atom. The molecule has 0 saturated heterocycles. The van der Waals surface area contributed by atoms with Gasteiger partial charge in [0.15, 0.2) is 0 Å². The lowest BCUT2D eigenvalue weighted by Gasteiger charge is -2.28. The molecular weight excluding hydrogens is 335 g/mol. The topological polar surface area (TPSA) is 89.9 Å². The number of carbonyl (C=O) groups is 3. The number of hydrogen-bond donors (Lipinski definition) is 1. The van der Waals surface area contributed by atoms with Crippen LogP contribution in [0.5, 0.6) is 5.75 Å². The van der Waals surface area contributed by atoms with Gasteiger partial charge in [-0.05, 0) is 31.4 Å². The zero-order chi connectivity index (χ0) is 19.1. The van der Waals surface area contributed by atoms with E-state index in [1.807, 2.05) is 13.0 Å². The largest absolute Gasteiger partial charge is 0.535 e. The van der Waals surface area contributed by atoms with Crippen LogP contribution < -0.4 is 4.65 Å². The normalized spacial score (nSPS) is 15.8. The van der Waals surface area contributed by atoms with Crippen LogP contribution in [0.2, 0.25) is 5.82 Å². The molecule has 1 aliphatic heterocycles. The first-order valence-electron chi connectivity index (χ1n) is 9.07. The van der Waals surface area contributed by atoms with Crippen LogP contribution in [0.4, 0.5) is 0 Å². The minimum Gasteiger partial charge on any atom is -0.535 e. The predicted octanol–water partition coefficient (Wildman–Crippen LogP) is 2.76. The van der Waals surface area contributed by atoms with E-state index in [0.29, 0.717) is 24.3 Å². The number of Topliss-reactive ketones (excluding diaryl/α,β-unsaturated/α-hetero) is 2. The number of para-hydroxylation sites is 1. The predicted molar refractivity (Wildman–Crippen MR) is 97.2 cm³/mol. The summed E-state index contributed by atoms with van der Waals surface area (Å²) in [6.07, 6.45) is 2.67. The Hall–Kier alpha value is -2.15. The van der Waals surface area contributed by atoms with Gasteiger partial charge in [0.05, 0.1) is 6.61 Å². The summed E-state index contributed by atoms with van der Waals surface area (Å²) in [5.74, 6) is -0.650. The van der Waals surface area contributed by atoms with Gasteiger partial charge in [0.1, 0.15) is 22.9 Å².